The normalized spacial score (nSPS) is 11.9. The van der Waals surface area contributed by atoms with Crippen molar-refractivity contribution in [1.82, 2.24) is 9.13 Å². The standard InChI is InChI=1S/C38H24N2O/c1-5-13-33-29(9-1)30-10-2-6-14-34(30)39(33)27-21-17-25(18-22-27)26-19-23-28(24-20-26)40-35-15-7-3-11-31(35)38-37(40)32-12-4-8-16-36(32)41-38/h1-24H. The number of furan rings is 1. The summed E-state index contributed by atoms with van der Waals surface area (Å²) in [5, 5.41) is 4.81. The Kier molecular flexibility index (Phi) is 4.61. The van der Waals surface area contributed by atoms with Gasteiger partial charge in [-0.3, -0.25) is 0 Å². The lowest BCUT2D eigenvalue weighted by atomic mass is 10.0. The van der Waals surface area contributed by atoms with Gasteiger partial charge in [0.2, 0.25) is 0 Å². The van der Waals surface area contributed by atoms with Crippen molar-refractivity contribution in [3.63, 3.8) is 0 Å². The minimum Gasteiger partial charge on any atom is -0.454 e. The summed E-state index contributed by atoms with van der Waals surface area (Å²) in [6, 6.07) is 51.8. The van der Waals surface area contributed by atoms with Crippen LogP contribution in [0.3, 0.4) is 0 Å². The van der Waals surface area contributed by atoms with Crippen LogP contribution in [-0.2, 0) is 0 Å². The molecule has 0 atom stereocenters. The summed E-state index contributed by atoms with van der Waals surface area (Å²) in [5.41, 5.74) is 11.2. The number of benzene rings is 6. The zero-order valence-corrected chi connectivity index (χ0v) is 22.2. The molecule has 3 heterocycles. The summed E-state index contributed by atoms with van der Waals surface area (Å²) >= 11 is 0. The van der Waals surface area contributed by atoms with E-state index >= 15 is 0 Å². The van der Waals surface area contributed by atoms with Crippen LogP contribution in [0.5, 0.6) is 0 Å². The van der Waals surface area contributed by atoms with Crippen LogP contribution in [0.2, 0.25) is 0 Å². The Morgan fingerprint density at radius 1 is 0.366 bits per heavy atom. The Morgan fingerprint density at radius 2 is 0.805 bits per heavy atom. The lowest BCUT2D eigenvalue weighted by molar-refractivity contribution is 0.673. The number of hydrogen-bond acceptors (Lipinski definition) is 1. The topological polar surface area (TPSA) is 23.0 Å². The second kappa shape index (κ2) is 8.48. The van der Waals surface area contributed by atoms with E-state index in [-0.39, 0.29) is 0 Å². The lowest BCUT2D eigenvalue weighted by Gasteiger charge is -2.11. The molecule has 0 spiro atoms. The predicted molar refractivity (Wildman–Crippen MR) is 170 cm³/mol. The molecular formula is C38H24N2O. The molecule has 0 aliphatic rings. The van der Waals surface area contributed by atoms with Gasteiger partial charge in [0.15, 0.2) is 5.58 Å². The van der Waals surface area contributed by atoms with Crippen LogP contribution in [0.1, 0.15) is 0 Å². The molecule has 0 amide bonds. The second-order valence-corrected chi connectivity index (χ2v) is 10.6. The van der Waals surface area contributed by atoms with Gasteiger partial charge in [-0.1, -0.05) is 84.9 Å². The summed E-state index contributed by atoms with van der Waals surface area (Å²) < 4.78 is 11.0. The maximum absolute atomic E-state index is 6.33. The van der Waals surface area contributed by atoms with Gasteiger partial charge < -0.3 is 13.6 Å². The third-order valence-corrected chi connectivity index (χ3v) is 8.35. The quantitative estimate of drug-likeness (QED) is 0.225. The number of nitrogens with zero attached hydrogens (tertiary/aromatic N) is 2. The van der Waals surface area contributed by atoms with Crippen molar-refractivity contribution in [2.75, 3.05) is 0 Å². The predicted octanol–water partition coefficient (Wildman–Crippen LogP) is 10.3. The highest BCUT2D eigenvalue weighted by Crippen LogP contribution is 2.39. The summed E-state index contributed by atoms with van der Waals surface area (Å²) in [4.78, 5) is 0. The highest BCUT2D eigenvalue weighted by Gasteiger charge is 2.19. The van der Waals surface area contributed by atoms with Crippen LogP contribution in [0, 0.1) is 0 Å². The minimum absolute atomic E-state index is 0.914. The van der Waals surface area contributed by atoms with Gasteiger partial charge >= 0.3 is 0 Å². The van der Waals surface area contributed by atoms with Gasteiger partial charge in [-0.15, -0.1) is 0 Å². The SMILES string of the molecule is c1ccc2c(c1)oc1c3ccccc3n(-c3ccc(-c4ccc(-n5c6ccccc6c6ccccc65)cc4)cc3)c21. The molecule has 192 valence electrons. The molecule has 3 heteroatoms. The number of rotatable bonds is 3. The smallest absolute Gasteiger partial charge is 0.161 e. The van der Waals surface area contributed by atoms with Crippen LogP contribution < -0.4 is 0 Å². The fourth-order valence-corrected chi connectivity index (χ4v) is 6.49. The third-order valence-electron chi connectivity index (χ3n) is 8.35. The maximum atomic E-state index is 6.33. The van der Waals surface area contributed by atoms with Crippen molar-refractivity contribution in [2.24, 2.45) is 0 Å². The summed E-state index contributed by atoms with van der Waals surface area (Å²) in [5.74, 6) is 0. The first kappa shape index (κ1) is 22.3. The number of aromatic nitrogens is 2. The van der Waals surface area contributed by atoms with E-state index in [1.807, 2.05) is 12.1 Å². The summed E-state index contributed by atoms with van der Waals surface area (Å²) in [6.07, 6.45) is 0. The first-order chi connectivity index (χ1) is 20.3. The van der Waals surface area contributed by atoms with Gasteiger partial charge in [0.1, 0.15) is 11.1 Å². The second-order valence-electron chi connectivity index (χ2n) is 10.6. The molecule has 0 aliphatic heterocycles. The molecule has 0 unspecified atom stereocenters. The molecule has 6 aromatic carbocycles. The maximum Gasteiger partial charge on any atom is 0.161 e. The van der Waals surface area contributed by atoms with Crippen molar-refractivity contribution in [1.29, 1.82) is 0 Å². The van der Waals surface area contributed by atoms with E-state index < -0.39 is 0 Å². The largest absolute Gasteiger partial charge is 0.454 e. The van der Waals surface area contributed by atoms with E-state index in [1.165, 1.54) is 32.9 Å². The van der Waals surface area contributed by atoms with E-state index in [1.54, 1.807) is 0 Å². The molecule has 9 rings (SSSR count). The van der Waals surface area contributed by atoms with Crippen molar-refractivity contribution < 1.29 is 4.42 Å². The average Bonchev–Trinajstić information content (AvgIpc) is 3.69. The molecule has 41 heavy (non-hydrogen) atoms. The Morgan fingerprint density at radius 3 is 1.39 bits per heavy atom. The Labute approximate surface area is 236 Å². The molecule has 0 aliphatic carbocycles. The molecule has 0 saturated carbocycles. The zero-order valence-electron chi connectivity index (χ0n) is 22.2. The third kappa shape index (κ3) is 3.20. The first-order valence-corrected chi connectivity index (χ1v) is 14.0. The van der Waals surface area contributed by atoms with Crippen LogP contribution >= 0.6 is 0 Å². The van der Waals surface area contributed by atoms with Gasteiger partial charge in [0, 0.05) is 32.9 Å². The van der Waals surface area contributed by atoms with Crippen LogP contribution in [0.15, 0.2) is 150 Å². The number of fused-ring (bicyclic) bond motifs is 8. The molecular weight excluding hydrogens is 500 g/mol. The van der Waals surface area contributed by atoms with Crippen molar-refractivity contribution in [2.45, 2.75) is 0 Å². The van der Waals surface area contributed by atoms with E-state index in [2.05, 4.69) is 143 Å². The Bertz CT molecular complexity index is 2340. The Balaban J connectivity index is 1.14. The van der Waals surface area contributed by atoms with Crippen LogP contribution in [-0.4, -0.2) is 9.13 Å². The zero-order chi connectivity index (χ0) is 26.9. The van der Waals surface area contributed by atoms with Crippen molar-refractivity contribution in [3.05, 3.63) is 146 Å². The van der Waals surface area contributed by atoms with E-state index in [0.717, 1.165) is 44.3 Å². The van der Waals surface area contributed by atoms with Crippen LogP contribution in [0.4, 0.5) is 0 Å². The summed E-state index contributed by atoms with van der Waals surface area (Å²) in [6.45, 7) is 0. The molecule has 0 N–H and O–H groups in total. The van der Waals surface area contributed by atoms with E-state index in [4.69, 9.17) is 4.42 Å². The molecule has 0 bridgehead atoms. The van der Waals surface area contributed by atoms with E-state index in [0.29, 0.717) is 0 Å². The number of para-hydroxylation sites is 4. The van der Waals surface area contributed by atoms with Crippen molar-refractivity contribution in [3.8, 4) is 22.5 Å². The molecule has 3 nitrogen and oxygen atoms in total. The Hall–Kier alpha value is -5.54. The fraction of sp³-hybridized carbons (Fsp3) is 0. The van der Waals surface area contributed by atoms with Gasteiger partial charge in [-0.05, 0) is 71.8 Å². The van der Waals surface area contributed by atoms with E-state index in [9.17, 15) is 0 Å². The fourth-order valence-electron chi connectivity index (χ4n) is 6.49. The van der Waals surface area contributed by atoms with Gasteiger partial charge in [0.05, 0.1) is 16.6 Å². The first-order valence-electron chi connectivity index (χ1n) is 14.0. The number of hydrogen-bond donors (Lipinski definition) is 0. The highest BCUT2D eigenvalue weighted by atomic mass is 16.3. The van der Waals surface area contributed by atoms with Crippen LogP contribution in [0.25, 0.3) is 77.3 Å². The van der Waals surface area contributed by atoms with Crippen molar-refractivity contribution >= 4 is 54.8 Å². The summed E-state index contributed by atoms with van der Waals surface area (Å²) in [7, 11) is 0. The molecule has 0 radical (unpaired) electrons. The van der Waals surface area contributed by atoms with Gasteiger partial charge in [-0.2, -0.15) is 0 Å². The van der Waals surface area contributed by atoms with Gasteiger partial charge in [0.25, 0.3) is 0 Å². The average molecular weight is 525 g/mol. The molecule has 3 aromatic heterocycles. The monoisotopic (exact) mass is 524 g/mol. The molecule has 9 aromatic rings. The highest BCUT2D eigenvalue weighted by molar-refractivity contribution is 6.16. The van der Waals surface area contributed by atoms with Gasteiger partial charge in [-0.25, -0.2) is 0 Å². The molecule has 0 saturated heterocycles. The minimum atomic E-state index is 0.914. The molecule has 0 fully saturated rings. The lowest BCUT2D eigenvalue weighted by Crippen LogP contribution is -1.94.